The summed E-state index contributed by atoms with van der Waals surface area (Å²) >= 11 is 0. The molecule has 0 amide bonds. The van der Waals surface area contributed by atoms with Gasteiger partial charge in [-0.15, -0.1) is 10.2 Å². The van der Waals surface area contributed by atoms with Crippen molar-refractivity contribution in [1.29, 1.82) is 0 Å². The van der Waals surface area contributed by atoms with Crippen molar-refractivity contribution in [3.63, 3.8) is 0 Å². The standard InChI is InChI=1S/C15H23N5/c1-4-16-15(12-5-6-12)13-7-8-20(9-13)10-14-18-17-11(2)19(14)3/h7-9,12,15-16H,4-6,10H2,1-3H3. The van der Waals surface area contributed by atoms with Crippen molar-refractivity contribution in [2.45, 2.75) is 39.3 Å². The van der Waals surface area contributed by atoms with E-state index < -0.39 is 0 Å². The van der Waals surface area contributed by atoms with Crippen LogP contribution in [0.3, 0.4) is 0 Å². The Balaban J connectivity index is 1.74. The Morgan fingerprint density at radius 3 is 2.80 bits per heavy atom. The highest BCUT2D eigenvalue weighted by molar-refractivity contribution is 5.19. The molecule has 1 aliphatic rings. The molecule has 0 spiro atoms. The average Bonchev–Trinajstić information content (AvgIpc) is 3.11. The van der Waals surface area contributed by atoms with Gasteiger partial charge in [-0.05, 0) is 43.9 Å². The fourth-order valence-electron chi connectivity index (χ4n) is 2.70. The maximum Gasteiger partial charge on any atom is 0.152 e. The van der Waals surface area contributed by atoms with Crippen molar-refractivity contribution < 1.29 is 0 Å². The van der Waals surface area contributed by atoms with Crippen LogP contribution in [0.4, 0.5) is 0 Å². The van der Waals surface area contributed by atoms with Crippen LogP contribution in [0.25, 0.3) is 0 Å². The van der Waals surface area contributed by atoms with Gasteiger partial charge in [0.1, 0.15) is 5.82 Å². The Hall–Kier alpha value is -1.62. The van der Waals surface area contributed by atoms with Crippen LogP contribution in [0.2, 0.25) is 0 Å². The van der Waals surface area contributed by atoms with Crippen LogP contribution in [0, 0.1) is 12.8 Å². The Bertz CT molecular complexity index is 579. The number of hydrogen-bond acceptors (Lipinski definition) is 3. The van der Waals surface area contributed by atoms with Crippen molar-refractivity contribution in [2.24, 2.45) is 13.0 Å². The molecular weight excluding hydrogens is 250 g/mol. The number of nitrogens with one attached hydrogen (secondary N) is 1. The zero-order chi connectivity index (χ0) is 14.1. The Morgan fingerprint density at radius 2 is 2.20 bits per heavy atom. The molecule has 5 heteroatoms. The van der Waals surface area contributed by atoms with Crippen molar-refractivity contribution in [3.8, 4) is 0 Å². The normalized spacial score (nSPS) is 16.6. The SMILES string of the molecule is CCNC(c1ccn(Cc2nnc(C)n2C)c1)C1CC1. The molecule has 20 heavy (non-hydrogen) atoms. The average molecular weight is 273 g/mol. The van der Waals surface area contributed by atoms with Gasteiger partial charge < -0.3 is 14.5 Å². The van der Waals surface area contributed by atoms with Crippen molar-refractivity contribution in [3.05, 3.63) is 35.7 Å². The van der Waals surface area contributed by atoms with Gasteiger partial charge in [-0.1, -0.05) is 6.92 Å². The molecule has 2 aromatic heterocycles. The summed E-state index contributed by atoms with van der Waals surface area (Å²) in [5.74, 6) is 2.77. The van der Waals surface area contributed by atoms with Gasteiger partial charge in [-0.2, -0.15) is 0 Å². The minimum Gasteiger partial charge on any atom is -0.346 e. The van der Waals surface area contributed by atoms with E-state index in [0.717, 1.165) is 30.7 Å². The molecule has 0 aliphatic heterocycles. The van der Waals surface area contributed by atoms with Gasteiger partial charge >= 0.3 is 0 Å². The van der Waals surface area contributed by atoms with E-state index in [-0.39, 0.29) is 0 Å². The van der Waals surface area contributed by atoms with Gasteiger partial charge in [0.15, 0.2) is 5.82 Å². The van der Waals surface area contributed by atoms with E-state index in [1.54, 1.807) is 0 Å². The fraction of sp³-hybridized carbons (Fsp3) is 0.600. The van der Waals surface area contributed by atoms with Crippen LogP contribution in [-0.2, 0) is 13.6 Å². The van der Waals surface area contributed by atoms with Crippen LogP contribution < -0.4 is 5.32 Å². The second kappa shape index (κ2) is 5.40. The molecule has 2 aromatic rings. The first-order valence-corrected chi connectivity index (χ1v) is 7.43. The molecule has 108 valence electrons. The van der Waals surface area contributed by atoms with E-state index in [9.17, 15) is 0 Å². The topological polar surface area (TPSA) is 47.7 Å². The molecule has 0 bridgehead atoms. The molecule has 0 radical (unpaired) electrons. The predicted octanol–water partition coefficient (Wildman–Crippen LogP) is 2.03. The molecule has 3 rings (SSSR count). The Morgan fingerprint density at radius 1 is 1.40 bits per heavy atom. The highest BCUT2D eigenvalue weighted by atomic mass is 15.3. The van der Waals surface area contributed by atoms with Gasteiger partial charge in [0.25, 0.3) is 0 Å². The van der Waals surface area contributed by atoms with Crippen molar-refractivity contribution in [1.82, 2.24) is 24.6 Å². The van der Waals surface area contributed by atoms with Crippen LogP contribution in [-0.4, -0.2) is 25.9 Å². The van der Waals surface area contributed by atoms with E-state index >= 15 is 0 Å². The van der Waals surface area contributed by atoms with Crippen LogP contribution >= 0.6 is 0 Å². The highest BCUT2D eigenvalue weighted by Crippen LogP contribution is 2.41. The predicted molar refractivity (Wildman–Crippen MR) is 78.4 cm³/mol. The lowest BCUT2D eigenvalue weighted by Crippen LogP contribution is -2.22. The van der Waals surface area contributed by atoms with E-state index in [2.05, 4.69) is 45.5 Å². The molecule has 1 fully saturated rings. The summed E-state index contributed by atoms with van der Waals surface area (Å²) in [5, 5.41) is 11.9. The lowest BCUT2D eigenvalue weighted by molar-refractivity contribution is 0.495. The van der Waals surface area contributed by atoms with Gasteiger partial charge in [-0.25, -0.2) is 0 Å². The van der Waals surface area contributed by atoms with E-state index in [1.807, 2.05) is 18.5 Å². The van der Waals surface area contributed by atoms with Crippen LogP contribution in [0.1, 0.15) is 43.0 Å². The number of aromatic nitrogens is 4. The van der Waals surface area contributed by atoms with Gasteiger partial charge in [-0.3, -0.25) is 0 Å². The number of aryl methyl sites for hydroxylation is 1. The van der Waals surface area contributed by atoms with Gasteiger partial charge in [0.05, 0.1) is 6.54 Å². The summed E-state index contributed by atoms with van der Waals surface area (Å²) in [6, 6.07) is 2.75. The molecule has 0 aromatic carbocycles. The van der Waals surface area contributed by atoms with Gasteiger partial charge in [0, 0.05) is 25.5 Å². The lowest BCUT2D eigenvalue weighted by atomic mass is 10.1. The summed E-state index contributed by atoms with van der Waals surface area (Å²) < 4.78 is 4.24. The van der Waals surface area contributed by atoms with Crippen molar-refractivity contribution in [2.75, 3.05) is 6.54 Å². The largest absolute Gasteiger partial charge is 0.346 e. The third-order valence-electron chi connectivity index (χ3n) is 4.16. The molecule has 1 atom stereocenters. The molecule has 1 aliphatic carbocycles. The molecule has 1 N–H and O–H groups in total. The monoisotopic (exact) mass is 273 g/mol. The smallest absolute Gasteiger partial charge is 0.152 e. The van der Waals surface area contributed by atoms with Crippen molar-refractivity contribution >= 4 is 0 Å². The zero-order valence-electron chi connectivity index (χ0n) is 12.5. The van der Waals surface area contributed by atoms with Crippen LogP contribution in [0.15, 0.2) is 18.5 Å². The second-order valence-corrected chi connectivity index (χ2v) is 5.71. The maximum atomic E-state index is 4.22. The Labute approximate surface area is 120 Å². The molecule has 0 saturated heterocycles. The number of rotatable bonds is 6. The summed E-state index contributed by atoms with van der Waals surface area (Å²) in [4.78, 5) is 0. The first-order valence-electron chi connectivity index (χ1n) is 7.43. The van der Waals surface area contributed by atoms with Crippen LogP contribution in [0.5, 0.6) is 0 Å². The zero-order valence-corrected chi connectivity index (χ0v) is 12.5. The minimum atomic E-state index is 0.516. The summed E-state index contributed by atoms with van der Waals surface area (Å²) in [6.07, 6.45) is 7.10. The highest BCUT2D eigenvalue weighted by Gasteiger charge is 2.32. The van der Waals surface area contributed by atoms with Gasteiger partial charge in [0.2, 0.25) is 0 Å². The number of hydrogen-bond donors (Lipinski definition) is 1. The molecule has 1 unspecified atom stereocenters. The first kappa shape index (κ1) is 13.4. The molecule has 2 heterocycles. The lowest BCUT2D eigenvalue weighted by Gasteiger charge is -2.15. The summed E-state index contributed by atoms with van der Waals surface area (Å²) in [7, 11) is 2.01. The molecule has 5 nitrogen and oxygen atoms in total. The number of nitrogens with zero attached hydrogens (tertiary/aromatic N) is 4. The first-order chi connectivity index (χ1) is 9.69. The molecule has 1 saturated carbocycles. The van der Waals surface area contributed by atoms with E-state index in [1.165, 1.54) is 18.4 Å². The fourth-order valence-corrected chi connectivity index (χ4v) is 2.70. The summed E-state index contributed by atoms with van der Waals surface area (Å²) in [6.45, 7) is 5.95. The second-order valence-electron chi connectivity index (χ2n) is 5.71. The summed E-state index contributed by atoms with van der Waals surface area (Å²) in [5.41, 5.74) is 1.40. The quantitative estimate of drug-likeness (QED) is 0.876. The van der Waals surface area contributed by atoms with E-state index in [0.29, 0.717) is 6.04 Å². The molecular formula is C15H23N5. The minimum absolute atomic E-state index is 0.516. The maximum absolute atomic E-state index is 4.22. The third kappa shape index (κ3) is 2.63. The third-order valence-corrected chi connectivity index (χ3v) is 4.16. The van der Waals surface area contributed by atoms with E-state index in [4.69, 9.17) is 0 Å². The Kier molecular flexibility index (Phi) is 3.61.